The van der Waals surface area contributed by atoms with Gasteiger partial charge >= 0.3 is 0 Å². The zero-order valence-electron chi connectivity index (χ0n) is 12.4. The van der Waals surface area contributed by atoms with E-state index in [0.29, 0.717) is 30.4 Å². The standard InChI is InChI=1S/C15H18N2O4S/c1-3-20-14-8-7-13(10-15(14)21-4-2)22(18,19)17-12-6-5-9-16-11-12/h5-11,17H,3-4H2,1-2H3. The third-order valence-electron chi connectivity index (χ3n) is 2.74. The number of aromatic nitrogens is 1. The molecular weight excluding hydrogens is 304 g/mol. The van der Waals surface area contributed by atoms with Crippen molar-refractivity contribution in [3.8, 4) is 11.5 Å². The van der Waals surface area contributed by atoms with Crippen LogP contribution in [0.4, 0.5) is 5.69 Å². The number of hydrogen-bond donors (Lipinski definition) is 1. The number of rotatable bonds is 7. The topological polar surface area (TPSA) is 77.5 Å². The fourth-order valence-electron chi connectivity index (χ4n) is 1.84. The van der Waals surface area contributed by atoms with Gasteiger partial charge in [0, 0.05) is 12.3 Å². The highest BCUT2D eigenvalue weighted by atomic mass is 32.2. The molecule has 0 aliphatic heterocycles. The summed E-state index contributed by atoms with van der Waals surface area (Å²) >= 11 is 0. The van der Waals surface area contributed by atoms with E-state index in [-0.39, 0.29) is 4.90 Å². The van der Waals surface area contributed by atoms with Crippen LogP contribution in [0.1, 0.15) is 13.8 Å². The van der Waals surface area contributed by atoms with Crippen LogP contribution < -0.4 is 14.2 Å². The highest BCUT2D eigenvalue weighted by Crippen LogP contribution is 2.30. The lowest BCUT2D eigenvalue weighted by Gasteiger charge is -2.13. The first kappa shape index (κ1) is 16.1. The smallest absolute Gasteiger partial charge is 0.262 e. The average molecular weight is 322 g/mol. The maximum Gasteiger partial charge on any atom is 0.262 e. The Hall–Kier alpha value is -2.28. The Labute approximate surface area is 130 Å². The Morgan fingerprint density at radius 3 is 2.45 bits per heavy atom. The Bertz CT molecular complexity index is 718. The van der Waals surface area contributed by atoms with Crippen LogP contribution in [0.3, 0.4) is 0 Å². The Morgan fingerprint density at radius 1 is 1.09 bits per heavy atom. The number of anilines is 1. The highest BCUT2D eigenvalue weighted by molar-refractivity contribution is 7.92. The summed E-state index contributed by atoms with van der Waals surface area (Å²) in [6.45, 7) is 4.56. The summed E-state index contributed by atoms with van der Waals surface area (Å²) in [6.07, 6.45) is 3.01. The molecule has 22 heavy (non-hydrogen) atoms. The van der Waals surface area contributed by atoms with Crippen LogP contribution in [0.2, 0.25) is 0 Å². The molecule has 118 valence electrons. The molecule has 0 spiro atoms. The average Bonchev–Trinajstić information content (AvgIpc) is 2.50. The maximum absolute atomic E-state index is 12.4. The summed E-state index contributed by atoms with van der Waals surface area (Å²) in [4.78, 5) is 3.98. The molecule has 0 amide bonds. The molecule has 1 aromatic carbocycles. The molecule has 2 rings (SSSR count). The van der Waals surface area contributed by atoms with Gasteiger partial charge in [0.1, 0.15) is 0 Å². The largest absolute Gasteiger partial charge is 0.490 e. The van der Waals surface area contributed by atoms with Crippen LogP contribution in [-0.4, -0.2) is 26.6 Å². The van der Waals surface area contributed by atoms with Crippen molar-refractivity contribution in [3.63, 3.8) is 0 Å². The highest BCUT2D eigenvalue weighted by Gasteiger charge is 2.17. The summed E-state index contributed by atoms with van der Waals surface area (Å²) in [5.41, 5.74) is 0.398. The molecule has 0 bridgehead atoms. The normalized spacial score (nSPS) is 11.0. The zero-order chi connectivity index (χ0) is 16.0. The number of sulfonamides is 1. The van der Waals surface area contributed by atoms with Crippen LogP contribution in [0, 0.1) is 0 Å². The van der Waals surface area contributed by atoms with Gasteiger partial charge in [-0.3, -0.25) is 9.71 Å². The van der Waals surface area contributed by atoms with Gasteiger partial charge in [0.2, 0.25) is 0 Å². The molecule has 0 aliphatic rings. The van der Waals surface area contributed by atoms with Crippen molar-refractivity contribution in [2.24, 2.45) is 0 Å². The lowest BCUT2D eigenvalue weighted by molar-refractivity contribution is 0.287. The molecule has 0 saturated carbocycles. The van der Waals surface area contributed by atoms with Crippen molar-refractivity contribution in [1.29, 1.82) is 0 Å². The van der Waals surface area contributed by atoms with Crippen LogP contribution in [0.25, 0.3) is 0 Å². The van der Waals surface area contributed by atoms with Gasteiger partial charge in [-0.05, 0) is 38.1 Å². The molecule has 0 atom stereocenters. The van der Waals surface area contributed by atoms with Gasteiger partial charge < -0.3 is 9.47 Å². The number of ether oxygens (including phenoxy) is 2. The zero-order valence-corrected chi connectivity index (χ0v) is 13.3. The van der Waals surface area contributed by atoms with Gasteiger partial charge in [0.15, 0.2) is 11.5 Å². The first-order valence-electron chi connectivity index (χ1n) is 6.89. The van der Waals surface area contributed by atoms with Crippen molar-refractivity contribution in [2.45, 2.75) is 18.7 Å². The minimum atomic E-state index is -3.71. The molecular formula is C15H18N2O4S. The summed E-state index contributed by atoms with van der Waals surface area (Å²) < 4.78 is 38.1. The lowest BCUT2D eigenvalue weighted by atomic mass is 10.3. The summed E-state index contributed by atoms with van der Waals surface area (Å²) in [5, 5.41) is 0. The quantitative estimate of drug-likeness (QED) is 0.848. The summed E-state index contributed by atoms with van der Waals surface area (Å²) in [5.74, 6) is 0.920. The van der Waals surface area contributed by atoms with E-state index in [9.17, 15) is 8.42 Å². The molecule has 7 heteroatoms. The Balaban J connectivity index is 2.32. The van der Waals surface area contributed by atoms with E-state index in [2.05, 4.69) is 9.71 Å². The minimum Gasteiger partial charge on any atom is -0.490 e. The molecule has 0 aliphatic carbocycles. The van der Waals surface area contributed by atoms with Crippen molar-refractivity contribution in [3.05, 3.63) is 42.7 Å². The SMILES string of the molecule is CCOc1ccc(S(=O)(=O)Nc2cccnc2)cc1OCC. The number of benzene rings is 1. The molecule has 1 heterocycles. The van der Waals surface area contributed by atoms with E-state index in [1.165, 1.54) is 18.3 Å². The lowest BCUT2D eigenvalue weighted by Crippen LogP contribution is -2.13. The van der Waals surface area contributed by atoms with E-state index in [1.807, 2.05) is 13.8 Å². The second kappa shape index (κ2) is 7.13. The van der Waals surface area contributed by atoms with Crippen molar-refractivity contribution < 1.29 is 17.9 Å². The molecule has 6 nitrogen and oxygen atoms in total. The van der Waals surface area contributed by atoms with Gasteiger partial charge in [0.05, 0.1) is 30.0 Å². The first-order valence-corrected chi connectivity index (χ1v) is 8.37. The van der Waals surface area contributed by atoms with Gasteiger partial charge in [-0.1, -0.05) is 0 Å². The van der Waals surface area contributed by atoms with Crippen molar-refractivity contribution in [2.75, 3.05) is 17.9 Å². The molecule has 0 radical (unpaired) electrons. The van der Waals surface area contributed by atoms with E-state index in [1.54, 1.807) is 24.4 Å². The van der Waals surface area contributed by atoms with Crippen LogP contribution in [0.15, 0.2) is 47.6 Å². The molecule has 1 N–H and O–H groups in total. The van der Waals surface area contributed by atoms with Crippen molar-refractivity contribution in [1.82, 2.24) is 4.98 Å². The Morgan fingerprint density at radius 2 is 1.82 bits per heavy atom. The van der Waals surface area contributed by atoms with Crippen molar-refractivity contribution >= 4 is 15.7 Å². The van der Waals surface area contributed by atoms with E-state index < -0.39 is 10.0 Å². The van der Waals surface area contributed by atoms with E-state index in [4.69, 9.17) is 9.47 Å². The fraction of sp³-hybridized carbons (Fsp3) is 0.267. The molecule has 0 fully saturated rings. The van der Waals surface area contributed by atoms with E-state index >= 15 is 0 Å². The van der Waals surface area contributed by atoms with Crippen LogP contribution in [0.5, 0.6) is 11.5 Å². The third-order valence-corrected chi connectivity index (χ3v) is 4.12. The number of nitrogens with one attached hydrogen (secondary N) is 1. The van der Waals surface area contributed by atoms with Crippen LogP contribution >= 0.6 is 0 Å². The fourth-order valence-corrected chi connectivity index (χ4v) is 2.89. The third kappa shape index (κ3) is 3.88. The summed E-state index contributed by atoms with van der Waals surface area (Å²) in [7, 11) is -3.71. The number of pyridine rings is 1. The van der Waals surface area contributed by atoms with Gasteiger partial charge in [-0.2, -0.15) is 0 Å². The number of nitrogens with zero attached hydrogens (tertiary/aromatic N) is 1. The maximum atomic E-state index is 12.4. The molecule has 0 saturated heterocycles. The molecule has 0 unspecified atom stereocenters. The second-order valence-corrected chi connectivity index (χ2v) is 6.00. The van der Waals surface area contributed by atoms with E-state index in [0.717, 1.165) is 0 Å². The van der Waals surface area contributed by atoms with Gasteiger partial charge in [-0.15, -0.1) is 0 Å². The second-order valence-electron chi connectivity index (χ2n) is 4.32. The predicted octanol–water partition coefficient (Wildman–Crippen LogP) is 2.68. The summed E-state index contributed by atoms with van der Waals surface area (Å²) in [6, 6.07) is 7.80. The monoisotopic (exact) mass is 322 g/mol. The first-order chi connectivity index (χ1) is 10.6. The van der Waals surface area contributed by atoms with Gasteiger partial charge in [-0.25, -0.2) is 8.42 Å². The van der Waals surface area contributed by atoms with Crippen LogP contribution in [-0.2, 0) is 10.0 Å². The molecule has 1 aromatic heterocycles. The predicted molar refractivity (Wildman–Crippen MR) is 83.8 cm³/mol. The van der Waals surface area contributed by atoms with Gasteiger partial charge in [0.25, 0.3) is 10.0 Å². The molecule has 2 aromatic rings. The number of hydrogen-bond acceptors (Lipinski definition) is 5. The minimum absolute atomic E-state index is 0.100. The Kier molecular flexibility index (Phi) is 5.21.